The topological polar surface area (TPSA) is 84.9 Å². The molecule has 0 bridgehead atoms. The predicted molar refractivity (Wildman–Crippen MR) is 100 cm³/mol. The summed E-state index contributed by atoms with van der Waals surface area (Å²) in [5, 5.41) is 2.81. The molecule has 7 nitrogen and oxygen atoms in total. The minimum atomic E-state index is -3.48. The Morgan fingerprint density at radius 1 is 1.04 bits per heavy atom. The molecule has 1 N–H and O–H groups in total. The fourth-order valence-corrected chi connectivity index (χ4v) is 4.27. The summed E-state index contributed by atoms with van der Waals surface area (Å²) in [6, 6.07) is 11.5. The molecular weight excluding hydrogens is 368 g/mol. The van der Waals surface area contributed by atoms with Gasteiger partial charge in [0.1, 0.15) is 0 Å². The average molecular weight is 390 g/mol. The first kappa shape index (κ1) is 19.2. The van der Waals surface area contributed by atoms with Gasteiger partial charge in [0, 0.05) is 25.2 Å². The van der Waals surface area contributed by atoms with Gasteiger partial charge < -0.3 is 14.8 Å². The lowest BCUT2D eigenvalue weighted by molar-refractivity contribution is 0.0950. The van der Waals surface area contributed by atoms with Crippen LogP contribution in [0, 0.1) is 0 Å². The van der Waals surface area contributed by atoms with Crippen LogP contribution in [-0.4, -0.2) is 38.5 Å². The van der Waals surface area contributed by atoms with Crippen LogP contribution in [0.4, 0.5) is 0 Å². The Morgan fingerprint density at radius 2 is 1.70 bits per heavy atom. The lowest BCUT2D eigenvalue weighted by Crippen LogP contribution is -2.30. The molecule has 0 saturated heterocycles. The maximum atomic E-state index is 12.5. The Balaban J connectivity index is 1.64. The molecule has 0 atom stereocenters. The molecule has 0 radical (unpaired) electrons. The van der Waals surface area contributed by atoms with E-state index in [4.69, 9.17) is 9.47 Å². The normalized spacial score (nSPS) is 13.0. The highest BCUT2D eigenvalue weighted by molar-refractivity contribution is 7.89. The third-order valence-electron chi connectivity index (χ3n) is 4.35. The van der Waals surface area contributed by atoms with Crippen LogP contribution >= 0.6 is 0 Å². The largest absolute Gasteiger partial charge is 0.454 e. The average Bonchev–Trinajstić information content (AvgIpc) is 3.15. The third kappa shape index (κ3) is 4.06. The Morgan fingerprint density at radius 3 is 2.37 bits per heavy atom. The molecule has 144 valence electrons. The number of hydrogen-bond acceptors (Lipinski definition) is 5. The summed E-state index contributed by atoms with van der Waals surface area (Å²) in [6.45, 7) is 4.91. The van der Waals surface area contributed by atoms with Gasteiger partial charge >= 0.3 is 0 Å². The van der Waals surface area contributed by atoms with Crippen molar-refractivity contribution in [2.45, 2.75) is 25.3 Å². The van der Waals surface area contributed by atoms with Crippen LogP contribution in [0.15, 0.2) is 47.4 Å². The van der Waals surface area contributed by atoms with Gasteiger partial charge in [-0.1, -0.05) is 26.0 Å². The van der Waals surface area contributed by atoms with Gasteiger partial charge in [0.05, 0.1) is 4.90 Å². The van der Waals surface area contributed by atoms with Crippen molar-refractivity contribution in [1.29, 1.82) is 0 Å². The number of amides is 1. The van der Waals surface area contributed by atoms with Crippen molar-refractivity contribution in [3.63, 3.8) is 0 Å². The van der Waals surface area contributed by atoms with E-state index in [9.17, 15) is 13.2 Å². The van der Waals surface area contributed by atoms with Crippen molar-refractivity contribution in [2.75, 3.05) is 19.9 Å². The highest BCUT2D eigenvalue weighted by Crippen LogP contribution is 2.32. The van der Waals surface area contributed by atoms with Crippen molar-refractivity contribution in [3.05, 3.63) is 53.6 Å². The van der Waals surface area contributed by atoms with E-state index in [1.807, 2.05) is 0 Å². The molecule has 0 fully saturated rings. The number of sulfonamides is 1. The van der Waals surface area contributed by atoms with Crippen molar-refractivity contribution in [1.82, 2.24) is 9.62 Å². The molecule has 1 aliphatic rings. The first-order chi connectivity index (χ1) is 13.0. The van der Waals surface area contributed by atoms with E-state index in [1.54, 1.807) is 56.3 Å². The molecular formula is C19H22N2O5S. The monoisotopic (exact) mass is 390 g/mol. The van der Waals surface area contributed by atoms with Crippen molar-refractivity contribution in [2.24, 2.45) is 0 Å². The molecule has 0 spiro atoms. The quantitative estimate of drug-likeness (QED) is 0.785. The number of benzene rings is 2. The second-order valence-electron chi connectivity index (χ2n) is 5.98. The SMILES string of the molecule is CCN(CC)S(=O)(=O)c1ccc(CNC(=O)c2ccc3c(c2)OCO3)cc1. The summed E-state index contributed by atoms with van der Waals surface area (Å²) in [5.41, 5.74) is 1.28. The van der Waals surface area contributed by atoms with E-state index < -0.39 is 10.0 Å². The highest BCUT2D eigenvalue weighted by atomic mass is 32.2. The molecule has 0 saturated carbocycles. The Hall–Kier alpha value is -2.58. The number of rotatable bonds is 7. The lowest BCUT2D eigenvalue weighted by Gasteiger charge is -2.18. The Labute approximate surface area is 158 Å². The van der Waals surface area contributed by atoms with E-state index in [0.29, 0.717) is 36.7 Å². The molecule has 2 aromatic carbocycles. The Kier molecular flexibility index (Phi) is 5.67. The van der Waals surface area contributed by atoms with Crippen LogP contribution in [0.25, 0.3) is 0 Å². The first-order valence-electron chi connectivity index (χ1n) is 8.72. The number of nitrogens with one attached hydrogen (secondary N) is 1. The molecule has 1 aliphatic heterocycles. The van der Waals surface area contributed by atoms with Crippen LogP contribution in [0.1, 0.15) is 29.8 Å². The zero-order valence-electron chi connectivity index (χ0n) is 15.3. The van der Waals surface area contributed by atoms with Gasteiger partial charge in [0.25, 0.3) is 5.91 Å². The van der Waals surface area contributed by atoms with Crippen LogP contribution in [-0.2, 0) is 16.6 Å². The molecule has 3 rings (SSSR count). The number of carbonyl (C=O) groups is 1. The molecule has 8 heteroatoms. The molecule has 27 heavy (non-hydrogen) atoms. The van der Waals surface area contributed by atoms with Crippen molar-refractivity contribution in [3.8, 4) is 11.5 Å². The van der Waals surface area contributed by atoms with Crippen LogP contribution in [0.5, 0.6) is 11.5 Å². The summed E-state index contributed by atoms with van der Waals surface area (Å²) >= 11 is 0. The van der Waals surface area contributed by atoms with E-state index in [2.05, 4.69) is 5.32 Å². The maximum Gasteiger partial charge on any atom is 0.251 e. The molecule has 0 aromatic heterocycles. The second-order valence-corrected chi connectivity index (χ2v) is 7.92. The van der Waals surface area contributed by atoms with Crippen LogP contribution < -0.4 is 14.8 Å². The summed E-state index contributed by atoms with van der Waals surface area (Å²) in [4.78, 5) is 12.5. The predicted octanol–water partition coefficient (Wildman–Crippen LogP) is 2.38. The smallest absolute Gasteiger partial charge is 0.251 e. The van der Waals surface area contributed by atoms with Gasteiger partial charge in [-0.2, -0.15) is 4.31 Å². The van der Waals surface area contributed by atoms with Gasteiger partial charge in [-0.05, 0) is 35.9 Å². The highest BCUT2D eigenvalue weighted by Gasteiger charge is 2.21. The van der Waals surface area contributed by atoms with E-state index in [-0.39, 0.29) is 17.6 Å². The van der Waals surface area contributed by atoms with Crippen molar-refractivity contribution >= 4 is 15.9 Å². The van der Waals surface area contributed by atoms with Gasteiger partial charge in [0.2, 0.25) is 16.8 Å². The number of ether oxygens (including phenoxy) is 2. The second kappa shape index (κ2) is 7.98. The fraction of sp³-hybridized carbons (Fsp3) is 0.316. The van der Waals surface area contributed by atoms with E-state index >= 15 is 0 Å². The van der Waals surface area contributed by atoms with Gasteiger partial charge in [-0.3, -0.25) is 4.79 Å². The number of carbonyl (C=O) groups excluding carboxylic acids is 1. The zero-order chi connectivity index (χ0) is 19.4. The fourth-order valence-electron chi connectivity index (χ4n) is 2.81. The standard InChI is InChI=1S/C19H22N2O5S/c1-3-21(4-2)27(23,24)16-8-5-14(6-9-16)12-20-19(22)15-7-10-17-18(11-15)26-13-25-17/h5-11H,3-4,12-13H2,1-2H3,(H,20,22). The van der Waals surface area contributed by atoms with E-state index in [1.165, 1.54) is 4.31 Å². The summed E-state index contributed by atoms with van der Waals surface area (Å²) < 4.78 is 36.9. The lowest BCUT2D eigenvalue weighted by atomic mass is 10.1. The summed E-state index contributed by atoms with van der Waals surface area (Å²) in [6.07, 6.45) is 0. The minimum Gasteiger partial charge on any atom is -0.454 e. The molecule has 0 aliphatic carbocycles. The molecule has 1 heterocycles. The number of nitrogens with zero attached hydrogens (tertiary/aromatic N) is 1. The van der Waals surface area contributed by atoms with Gasteiger partial charge in [-0.25, -0.2) is 8.42 Å². The van der Waals surface area contributed by atoms with Crippen molar-refractivity contribution < 1.29 is 22.7 Å². The van der Waals surface area contributed by atoms with Gasteiger partial charge in [0.15, 0.2) is 11.5 Å². The minimum absolute atomic E-state index is 0.156. The zero-order valence-corrected chi connectivity index (χ0v) is 16.1. The molecule has 1 amide bonds. The van der Waals surface area contributed by atoms with Gasteiger partial charge in [-0.15, -0.1) is 0 Å². The van der Waals surface area contributed by atoms with Crippen LogP contribution in [0.3, 0.4) is 0 Å². The Bertz CT molecular complexity index is 922. The number of hydrogen-bond donors (Lipinski definition) is 1. The van der Waals surface area contributed by atoms with Crippen LogP contribution in [0.2, 0.25) is 0 Å². The summed E-state index contributed by atoms with van der Waals surface area (Å²) in [5.74, 6) is 0.929. The maximum absolute atomic E-state index is 12.5. The summed E-state index contributed by atoms with van der Waals surface area (Å²) in [7, 11) is -3.48. The van der Waals surface area contributed by atoms with E-state index in [0.717, 1.165) is 5.56 Å². The molecule has 0 unspecified atom stereocenters. The number of fused-ring (bicyclic) bond motifs is 1. The first-order valence-corrected chi connectivity index (χ1v) is 10.2. The third-order valence-corrected chi connectivity index (χ3v) is 6.42. The molecule has 2 aromatic rings.